The van der Waals surface area contributed by atoms with E-state index in [2.05, 4.69) is 5.32 Å². The number of benzene rings is 3. The van der Waals surface area contributed by atoms with Crippen molar-refractivity contribution in [2.45, 2.75) is 6.61 Å². The van der Waals surface area contributed by atoms with Gasteiger partial charge in [0.15, 0.2) is 0 Å². The number of para-hydroxylation sites is 1. The van der Waals surface area contributed by atoms with E-state index in [1.54, 1.807) is 43.5 Å². The highest BCUT2D eigenvalue weighted by molar-refractivity contribution is 6.04. The van der Waals surface area contributed by atoms with Crippen molar-refractivity contribution in [3.8, 4) is 11.5 Å². The summed E-state index contributed by atoms with van der Waals surface area (Å²) < 4.78 is 10.8. The van der Waals surface area contributed by atoms with Gasteiger partial charge < -0.3 is 14.8 Å². The van der Waals surface area contributed by atoms with Gasteiger partial charge in [0.05, 0.1) is 7.11 Å². The maximum atomic E-state index is 12.3. The fourth-order valence-corrected chi connectivity index (χ4v) is 2.31. The van der Waals surface area contributed by atoms with Gasteiger partial charge in [0.25, 0.3) is 5.91 Å². The van der Waals surface area contributed by atoms with Crippen molar-refractivity contribution < 1.29 is 14.3 Å². The first-order valence-electron chi connectivity index (χ1n) is 7.97. The normalized spacial score (nSPS) is 10.1. The number of anilines is 1. The van der Waals surface area contributed by atoms with Crippen LogP contribution in [-0.2, 0) is 6.61 Å². The maximum absolute atomic E-state index is 12.3. The van der Waals surface area contributed by atoms with Crippen LogP contribution in [0, 0.1) is 0 Å². The summed E-state index contributed by atoms with van der Waals surface area (Å²) >= 11 is 0. The molecule has 0 bridgehead atoms. The number of hydrogen-bond donors (Lipinski definition) is 1. The first kappa shape index (κ1) is 16.6. The number of carbonyl (C=O) groups excluding carboxylic acids is 1. The second kappa shape index (κ2) is 8.02. The van der Waals surface area contributed by atoms with Crippen LogP contribution in [0.15, 0.2) is 78.9 Å². The molecule has 3 aromatic rings. The number of nitrogens with one attached hydrogen (secondary N) is 1. The van der Waals surface area contributed by atoms with Crippen molar-refractivity contribution in [1.29, 1.82) is 0 Å². The molecule has 25 heavy (non-hydrogen) atoms. The molecule has 0 aromatic heterocycles. The van der Waals surface area contributed by atoms with Gasteiger partial charge in [0.2, 0.25) is 0 Å². The largest absolute Gasteiger partial charge is 0.497 e. The first-order chi connectivity index (χ1) is 12.2. The summed E-state index contributed by atoms with van der Waals surface area (Å²) in [5, 5.41) is 2.86. The van der Waals surface area contributed by atoms with Crippen LogP contribution >= 0.6 is 0 Å². The van der Waals surface area contributed by atoms with Gasteiger partial charge in [-0.05, 0) is 54.1 Å². The quantitative estimate of drug-likeness (QED) is 0.721. The van der Waals surface area contributed by atoms with Crippen LogP contribution in [0.3, 0.4) is 0 Å². The van der Waals surface area contributed by atoms with E-state index in [1.807, 2.05) is 42.5 Å². The lowest BCUT2D eigenvalue weighted by atomic mass is 10.1. The Morgan fingerprint density at radius 1 is 0.840 bits per heavy atom. The first-order valence-corrected chi connectivity index (χ1v) is 7.97. The predicted molar refractivity (Wildman–Crippen MR) is 98.2 cm³/mol. The van der Waals surface area contributed by atoms with Crippen molar-refractivity contribution in [3.63, 3.8) is 0 Å². The van der Waals surface area contributed by atoms with Crippen LogP contribution in [0.4, 0.5) is 5.69 Å². The molecule has 0 fully saturated rings. The third-order valence-electron chi connectivity index (χ3n) is 3.71. The van der Waals surface area contributed by atoms with Gasteiger partial charge in [-0.15, -0.1) is 0 Å². The maximum Gasteiger partial charge on any atom is 0.255 e. The molecule has 0 heterocycles. The van der Waals surface area contributed by atoms with Crippen LogP contribution in [0.25, 0.3) is 0 Å². The summed E-state index contributed by atoms with van der Waals surface area (Å²) in [4.78, 5) is 12.3. The highest BCUT2D eigenvalue weighted by Gasteiger charge is 2.06. The Hall–Kier alpha value is -3.27. The predicted octanol–water partition coefficient (Wildman–Crippen LogP) is 4.53. The molecule has 0 unspecified atom stereocenters. The number of carbonyl (C=O) groups is 1. The van der Waals surface area contributed by atoms with Gasteiger partial charge in [-0.1, -0.05) is 30.3 Å². The second-order valence-corrected chi connectivity index (χ2v) is 5.48. The number of ether oxygens (including phenoxy) is 2. The molecule has 1 N–H and O–H groups in total. The standard InChI is InChI=1S/C21H19NO3/c1-24-19-13-11-18(12-14-19)22-21(23)17-9-7-16(8-10-17)15-25-20-5-3-2-4-6-20/h2-14H,15H2,1H3,(H,22,23). The summed E-state index contributed by atoms with van der Waals surface area (Å²) in [6, 6.07) is 24.2. The Morgan fingerprint density at radius 3 is 2.16 bits per heavy atom. The molecule has 3 rings (SSSR count). The van der Waals surface area contributed by atoms with E-state index in [4.69, 9.17) is 9.47 Å². The molecule has 0 atom stereocenters. The Morgan fingerprint density at radius 2 is 1.52 bits per heavy atom. The molecule has 0 radical (unpaired) electrons. The number of hydrogen-bond acceptors (Lipinski definition) is 3. The fourth-order valence-electron chi connectivity index (χ4n) is 2.31. The third-order valence-corrected chi connectivity index (χ3v) is 3.71. The summed E-state index contributed by atoms with van der Waals surface area (Å²) in [5.41, 5.74) is 2.33. The minimum absolute atomic E-state index is 0.152. The zero-order chi connectivity index (χ0) is 17.5. The van der Waals surface area contributed by atoms with E-state index < -0.39 is 0 Å². The summed E-state index contributed by atoms with van der Waals surface area (Å²) in [5.74, 6) is 1.42. The van der Waals surface area contributed by atoms with Gasteiger partial charge in [0, 0.05) is 11.3 Å². The summed E-state index contributed by atoms with van der Waals surface area (Å²) in [7, 11) is 1.61. The number of rotatable bonds is 6. The summed E-state index contributed by atoms with van der Waals surface area (Å²) in [6.07, 6.45) is 0. The SMILES string of the molecule is COc1ccc(NC(=O)c2ccc(COc3ccccc3)cc2)cc1. The third kappa shape index (κ3) is 4.61. The molecular formula is C21H19NO3. The Balaban J connectivity index is 1.58. The van der Waals surface area contributed by atoms with Gasteiger partial charge in [-0.3, -0.25) is 4.79 Å². The minimum Gasteiger partial charge on any atom is -0.497 e. The fraction of sp³-hybridized carbons (Fsp3) is 0.0952. The van der Waals surface area contributed by atoms with Crippen LogP contribution in [0.5, 0.6) is 11.5 Å². The molecular weight excluding hydrogens is 314 g/mol. The lowest BCUT2D eigenvalue weighted by Crippen LogP contribution is -2.11. The molecule has 126 valence electrons. The monoisotopic (exact) mass is 333 g/mol. The lowest BCUT2D eigenvalue weighted by molar-refractivity contribution is 0.102. The molecule has 0 aliphatic heterocycles. The Labute approximate surface area is 147 Å². The summed E-state index contributed by atoms with van der Waals surface area (Å²) in [6.45, 7) is 0.463. The molecule has 0 aliphatic carbocycles. The van der Waals surface area contributed by atoms with E-state index in [9.17, 15) is 4.79 Å². The lowest BCUT2D eigenvalue weighted by Gasteiger charge is -2.08. The van der Waals surface area contributed by atoms with Gasteiger partial charge >= 0.3 is 0 Å². The van der Waals surface area contributed by atoms with Gasteiger partial charge in [0.1, 0.15) is 18.1 Å². The van der Waals surface area contributed by atoms with E-state index in [0.717, 1.165) is 22.7 Å². The van der Waals surface area contributed by atoms with Crippen LogP contribution in [0.2, 0.25) is 0 Å². The molecule has 4 heteroatoms. The molecule has 3 aromatic carbocycles. The average molecular weight is 333 g/mol. The van der Waals surface area contributed by atoms with E-state index in [1.165, 1.54) is 0 Å². The minimum atomic E-state index is -0.152. The van der Waals surface area contributed by atoms with Crippen molar-refractivity contribution in [2.75, 3.05) is 12.4 Å². The van der Waals surface area contributed by atoms with E-state index >= 15 is 0 Å². The molecule has 0 spiro atoms. The van der Waals surface area contributed by atoms with Crippen molar-refractivity contribution in [1.82, 2.24) is 0 Å². The Bertz CT molecular complexity index is 812. The molecule has 4 nitrogen and oxygen atoms in total. The van der Waals surface area contributed by atoms with Crippen LogP contribution < -0.4 is 14.8 Å². The van der Waals surface area contributed by atoms with Crippen LogP contribution in [-0.4, -0.2) is 13.0 Å². The number of amides is 1. The molecule has 0 saturated carbocycles. The topological polar surface area (TPSA) is 47.6 Å². The molecule has 0 aliphatic rings. The molecule has 0 saturated heterocycles. The van der Waals surface area contributed by atoms with E-state index in [0.29, 0.717) is 12.2 Å². The second-order valence-electron chi connectivity index (χ2n) is 5.48. The highest BCUT2D eigenvalue weighted by Crippen LogP contribution is 2.17. The van der Waals surface area contributed by atoms with Crippen LogP contribution in [0.1, 0.15) is 15.9 Å². The van der Waals surface area contributed by atoms with Crippen molar-refractivity contribution >= 4 is 11.6 Å². The zero-order valence-corrected chi connectivity index (χ0v) is 13.9. The zero-order valence-electron chi connectivity index (χ0n) is 13.9. The number of methoxy groups -OCH3 is 1. The highest BCUT2D eigenvalue weighted by atomic mass is 16.5. The van der Waals surface area contributed by atoms with E-state index in [-0.39, 0.29) is 5.91 Å². The van der Waals surface area contributed by atoms with Gasteiger partial charge in [-0.2, -0.15) is 0 Å². The molecule has 1 amide bonds. The smallest absolute Gasteiger partial charge is 0.255 e. The average Bonchev–Trinajstić information content (AvgIpc) is 2.68. The van der Waals surface area contributed by atoms with Gasteiger partial charge in [-0.25, -0.2) is 0 Å². The van der Waals surface area contributed by atoms with Crippen molar-refractivity contribution in [2.24, 2.45) is 0 Å². The van der Waals surface area contributed by atoms with Crippen molar-refractivity contribution in [3.05, 3.63) is 90.0 Å². The Kier molecular flexibility index (Phi) is 5.32.